The van der Waals surface area contributed by atoms with Crippen LogP contribution in [0.25, 0.3) is 0 Å². The Morgan fingerprint density at radius 3 is 2.61 bits per heavy atom. The second-order valence-electron chi connectivity index (χ2n) is 4.15. The minimum atomic E-state index is -0.892. The maximum absolute atomic E-state index is 11.9. The van der Waals surface area contributed by atoms with Crippen LogP contribution in [0.15, 0.2) is 6.07 Å². The van der Waals surface area contributed by atoms with Crippen LogP contribution in [-0.2, 0) is 18.3 Å². The zero-order valence-corrected chi connectivity index (χ0v) is 10.9. The van der Waals surface area contributed by atoms with E-state index in [4.69, 9.17) is 5.11 Å². The minimum Gasteiger partial charge on any atom is -0.481 e. The summed E-state index contributed by atoms with van der Waals surface area (Å²) in [5, 5.41) is 15.7. The van der Waals surface area contributed by atoms with E-state index in [-0.39, 0.29) is 12.5 Å². The summed E-state index contributed by atoms with van der Waals surface area (Å²) >= 11 is 0. The highest BCUT2D eigenvalue weighted by Gasteiger charge is 2.18. The number of amides is 1. The maximum Gasteiger partial charge on any atom is 0.308 e. The van der Waals surface area contributed by atoms with Crippen LogP contribution < -0.4 is 5.32 Å². The van der Waals surface area contributed by atoms with Crippen LogP contribution in [0.3, 0.4) is 0 Å². The van der Waals surface area contributed by atoms with Crippen LogP contribution in [0.1, 0.15) is 36.5 Å². The summed E-state index contributed by atoms with van der Waals surface area (Å²) in [6, 6.07) is 1.72. The van der Waals surface area contributed by atoms with E-state index in [0.717, 1.165) is 12.1 Å². The Balaban J connectivity index is 2.65. The summed E-state index contributed by atoms with van der Waals surface area (Å²) < 4.78 is 1.51. The van der Waals surface area contributed by atoms with Crippen molar-refractivity contribution in [1.29, 1.82) is 0 Å². The molecule has 1 atom stereocenters. The van der Waals surface area contributed by atoms with Gasteiger partial charge in [-0.3, -0.25) is 14.3 Å². The Bertz CT molecular complexity index is 440. The van der Waals surface area contributed by atoms with E-state index in [1.54, 1.807) is 20.0 Å². The Morgan fingerprint density at radius 1 is 1.50 bits per heavy atom. The molecule has 0 aliphatic carbocycles. The van der Waals surface area contributed by atoms with E-state index in [9.17, 15) is 9.59 Å². The molecule has 0 spiro atoms. The summed E-state index contributed by atoms with van der Waals surface area (Å²) in [7, 11) is 1.70. The monoisotopic (exact) mass is 253 g/mol. The number of aromatic nitrogens is 2. The van der Waals surface area contributed by atoms with Gasteiger partial charge in [0.15, 0.2) is 0 Å². The number of nitrogens with zero attached hydrogens (tertiary/aromatic N) is 2. The quantitative estimate of drug-likeness (QED) is 0.786. The first-order valence-corrected chi connectivity index (χ1v) is 6.03. The Kier molecular flexibility index (Phi) is 4.88. The average molecular weight is 253 g/mol. The summed E-state index contributed by atoms with van der Waals surface area (Å²) in [5.74, 6) is -1.73. The molecule has 1 heterocycles. The SMILES string of the molecule is CCc1cc(C(=O)NCC(CC)C(=O)O)n(C)n1. The lowest BCUT2D eigenvalue weighted by Crippen LogP contribution is -2.33. The molecule has 0 aliphatic rings. The fourth-order valence-corrected chi connectivity index (χ4v) is 1.62. The van der Waals surface area contributed by atoms with Gasteiger partial charge in [-0.1, -0.05) is 13.8 Å². The number of rotatable bonds is 6. The van der Waals surface area contributed by atoms with Crippen LogP contribution in [0, 0.1) is 5.92 Å². The van der Waals surface area contributed by atoms with E-state index in [1.807, 2.05) is 6.92 Å². The van der Waals surface area contributed by atoms with Crippen LogP contribution in [0.5, 0.6) is 0 Å². The normalized spacial score (nSPS) is 12.2. The van der Waals surface area contributed by atoms with Gasteiger partial charge in [-0.15, -0.1) is 0 Å². The van der Waals surface area contributed by atoms with Gasteiger partial charge in [0, 0.05) is 13.6 Å². The van der Waals surface area contributed by atoms with Crippen LogP contribution in [0.4, 0.5) is 0 Å². The van der Waals surface area contributed by atoms with E-state index in [2.05, 4.69) is 10.4 Å². The molecule has 6 heteroatoms. The highest BCUT2D eigenvalue weighted by atomic mass is 16.4. The lowest BCUT2D eigenvalue weighted by atomic mass is 10.1. The van der Waals surface area contributed by atoms with Crippen molar-refractivity contribution in [3.8, 4) is 0 Å². The highest BCUT2D eigenvalue weighted by Crippen LogP contribution is 2.05. The van der Waals surface area contributed by atoms with Crippen LogP contribution in [0.2, 0.25) is 0 Å². The average Bonchev–Trinajstić information content (AvgIpc) is 2.70. The largest absolute Gasteiger partial charge is 0.481 e. The second kappa shape index (κ2) is 6.18. The van der Waals surface area contributed by atoms with Gasteiger partial charge in [0.05, 0.1) is 11.6 Å². The topological polar surface area (TPSA) is 84.2 Å². The summed E-state index contributed by atoms with van der Waals surface area (Å²) in [5.41, 5.74) is 1.29. The van der Waals surface area contributed by atoms with Crippen molar-refractivity contribution >= 4 is 11.9 Å². The van der Waals surface area contributed by atoms with Crippen molar-refractivity contribution in [2.75, 3.05) is 6.54 Å². The van der Waals surface area contributed by atoms with E-state index in [1.165, 1.54) is 4.68 Å². The smallest absolute Gasteiger partial charge is 0.308 e. The Labute approximate surface area is 106 Å². The molecule has 0 saturated heterocycles. The van der Waals surface area contributed by atoms with Gasteiger partial charge in [-0.05, 0) is 18.9 Å². The first kappa shape index (κ1) is 14.2. The van der Waals surface area contributed by atoms with Crippen LogP contribution >= 0.6 is 0 Å². The number of carbonyl (C=O) groups excluding carboxylic acids is 1. The van der Waals surface area contributed by atoms with Gasteiger partial charge in [-0.25, -0.2) is 0 Å². The molecule has 0 aliphatic heterocycles. The first-order chi connectivity index (χ1) is 8.49. The first-order valence-electron chi connectivity index (χ1n) is 6.03. The molecule has 1 unspecified atom stereocenters. The molecule has 18 heavy (non-hydrogen) atoms. The molecule has 1 aromatic rings. The Hall–Kier alpha value is -1.85. The molecule has 0 bridgehead atoms. The zero-order valence-electron chi connectivity index (χ0n) is 10.9. The number of hydrogen-bond donors (Lipinski definition) is 2. The molecule has 0 aromatic carbocycles. The molecular formula is C12H19N3O3. The van der Waals surface area contributed by atoms with Gasteiger partial charge < -0.3 is 10.4 Å². The Morgan fingerprint density at radius 2 is 2.17 bits per heavy atom. The number of carbonyl (C=O) groups is 2. The molecule has 1 aromatic heterocycles. The molecule has 0 saturated carbocycles. The molecular weight excluding hydrogens is 234 g/mol. The second-order valence-corrected chi connectivity index (χ2v) is 4.15. The van der Waals surface area contributed by atoms with Crippen molar-refractivity contribution in [2.24, 2.45) is 13.0 Å². The van der Waals surface area contributed by atoms with E-state index >= 15 is 0 Å². The third-order valence-corrected chi connectivity index (χ3v) is 2.88. The van der Waals surface area contributed by atoms with E-state index in [0.29, 0.717) is 12.1 Å². The number of nitrogens with one attached hydrogen (secondary N) is 1. The number of aryl methyl sites for hydroxylation is 2. The highest BCUT2D eigenvalue weighted by molar-refractivity contribution is 5.92. The fourth-order valence-electron chi connectivity index (χ4n) is 1.62. The lowest BCUT2D eigenvalue weighted by Gasteiger charge is -2.10. The van der Waals surface area contributed by atoms with Gasteiger partial charge in [0.2, 0.25) is 0 Å². The van der Waals surface area contributed by atoms with E-state index < -0.39 is 11.9 Å². The minimum absolute atomic E-state index is 0.136. The number of aliphatic carboxylic acids is 1. The van der Waals surface area contributed by atoms with Crippen molar-refractivity contribution in [2.45, 2.75) is 26.7 Å². The van der Waals surface area contributed by atoms with Gasteiger partial charge in [0.25, 0.3) is 5.91 Å². The standard InChI is InChI=1S/C12H19N3O3/c1-4-8(12(17)18)7-13-11(16)10-6-9(5-2)14-15(10)3/h6,8H,4-5,7H2,1-3H3,(H,13,16)(H,17,18). The predicted octanol–water partition coefficient (Wildman–Crippen LogP) is 0.823. The molecule has 0 radical (unpaired) electrons. The van der Waals surface area contributed by atoms with Crippen molar-refractivity contribution < 1.29 is 14.7 Å². The summed E-state index contributed by atoms with van der Waals surface area (Å²) in [4.78, 5) is 22.7. The fraction of sp³-hybridized carbons (Fsp3) is 0.583. The third kappa shape index (κ3) is 3.32. The molecule has 100 valence electrons. The van der Waals surface area contributed by atoms with Gasteiger partial charge in [0.1, 0.15) is 5.69 Å². The lowest BCUT2D eigenvalue weighted by molar-refractivity contribution is -0.141. The molecule has 1 amide bonds. The molecule has 6 nitrogen and oxygen atoms in total. The number of carboxylic acids is 1. The maximum atomic E-state index is 11.9. The molecule has 1 rings (SSSR count). The van der Waals surface area contributed by atoms with Crippen LogP contribution in [-0.4, -0.2) is 33.3 Å². The van der Waals surface area contributed by atoms with Gasteiger partial charge in [-0.2, -0.15) is 5.10 Å². The zero-order chi connectivity index (χ0) is 13.7. The predicted molar refractivity (Wildman–Crippen MR) is 66.3 cm³/mol. The summed E-state index contributed by atoms with van der Waals surface area (Å²) in [6.45, 7) is 3.88. The number of hydrogen-bond acceptors (Lipinski definition) is 3. The number of carboxylic acid groups (broad SMARTS) is 1. The van der Waals surface area contributed by atoms with Crippen molar-refractivity contribution in [1.82, 2.24) is 15.1 Å². The third-order valence-electron chi connectivity index (χ3n) is 2.88. The molecule has 0 fully saturated rings. The van der Waals surface area contributed by atoms with Crippen molar-refractivity contribution in [3.05, 3.63) is 17.5 Å². The van der Waals surface area contributed by atoms with Crippen molar-refractivity contribution in [3.63, 3.8) is 0 Å². The summed E-state index contributed by atoms with van der Waals surface area (Å²) in [6.07, 6.45) is 1.25. The molecule has 2 N–H and O–H groups in total. The van der Waals surface area contributed by atoms with Gasteiger partial charge >= 0.3 is 5.97 Å².